The van der Waals surface area contributed by atoms with E-state index in [1.807, 2.05) is 30.3 Å². The number of hydrogen-bond acceptors (Lipinski definition) is 3. The molecule has 5 rings (SSSR count). The molecular formula is C19H26N2OS. The lowest BCUT2D eigenvalue weighted by Gasteiger charge is -2.57. The monoisotopic (exact) mass is 330 g/mol. The van der Waals surface area contributed by atoms with Gasteiger partial charge in [-0.15, -0.1) is 11.3 Å². The predicted octanol–water partition coefficient (Wildman–Crippen LogP) is 4.14. The first-order chi connectivity index (χ1) is 11.0. The van der Waals surface area contributed by atoms with Crippen LogP contribution in [-0.4, -0.2) is 29.4 Å². The van der Waals surface area contributed by atoms with E-state index in [4.69, 9.17) is 0 Å². The lowest BCUT2D eigenvalue weighted by atomic mass is 9.49. The molecule has 0 unspecified atom stereocenters. The number of thiazole rings is 1. The highest BCUT2D eigenvalue weighted by Gasteiger charge is 2.51. The average molecular weight is 330 g/mol. The molecule has 1 heterocycles. The van der Waals surface area contributed by atoms with Gasteiger partial charge in [-0.1, -0.05) is 0 Å². The van der Waals surface area contributed by atoms with Crippen molar-refractivity contribution in [2.75, 3.05) is 13.6 Å². The molecule has 1 aromatic heterocycles. The van der Waals surface area contributed by atoms with Crippen LogP contribution in [0.1, 0.15) is 49.2 Å². The molecule has 0 aromatic carbocycles. The largest absolute Gasteiger partial charge is 0.342 e. The van der Waals surface area contributed by atoms with Crippen molar-refractivity contribution in [3.63, 3.8) is 0 Å². The van der Waals surface area contributed by atoms with Crippen molar-refractivity contribution in [1.82, 2.24) is 9.88 Å². The molecule has 1 aromatic rings. The second-order valence-corrected chi connectivity index (χ2v) is 9.30. The van der Waals surface area contributed by atoms with Crippen LogP contribution in [0.25, 0.3) is 6.08 Å². The second kappa shape index (κ2) is 5.73. The summed E-state index contributed by atoms with van der Waals surface area (Å²) < 4.78 is 0. The molecule has 4 aliphatic rings. The molecule has 4 fully saturated rings. The van der Waals surface area contributed by atoms with Crippen LogP contribution in [-0.2, 0) is 4.79 Å². The van der Waals surface area contributed by atoms with Gasteiger partial charge in [0.25, 0.3) is 0 Å². The number of aryl methyl sites for hydroxylation is 1. The summed E-state index contributed by atoms with van der Waals surface area (Å²) in [7, 11) is 1.97. The Bertz CT molecular complexity index is 598. The number of hydrogen-bond donors (Lipinski definition) is 0. The van der Waals surface area contributed by atoms with E-state index in [0.717, 1.165) is 35.0 Å². The van der Waals surface area contributed by atoms with Crippen LogP contribution in [0.15, 0.2) is 11.5 Å². The lowest BCUT2D eigenvalue weighted by molar-refractivity contribution is -0.130. The summed E-state index contributed by atoms with van der Waals surface area (Å²) in [5.74, 6) is 2.95. The van der Waals surface area contributed by atoms with Gasteiger partial charge in [-0.2, -0.15) is 0 Å². The zero-order chi connectivity index (χ0) is 16.0. The third-order valence-electron chi connectivity index (χ3n) is 6.15. The summed E-state index contributed by atoms with van der Waals surface area (Å²) in [4.78, 5) is 18.8. The Hall–Kier alpha value is -1.16. The zero-order valence-corrected chi connectivity index (χ0v) is 14.9. The summed E-state index contributed by atoms with van der Waals surface area (Å²) in [6, 6.07) is 0. The third-order valence-corrected chi connectivity index (χ3v) is 6.94. The molecule has 0 aliphatic heterocycles. The number of likely N-dealkylation sites (N-methyl/N-ethyl adjacent to an activating group) is 1. The summed E-state index contributed by atoms with van der Waals surface area (Å²) >= 11 is 1.62. The van der Waals surface area contributed by atoms with Gasteiger partial charge < -0.3 is 4.90 Å². The van der Waals surface area contributed by atoms with Crippen LogP contribution in [0.2, 0.25) is 0 Å². The maximum absolute atomic E-state index is 12.5. The van der Waals surface area contributed by atoms with Crippen molar-refractivity contribution in [2.24, 2.45) is 23.2 Å². The molecule has 4 saturated carbocycles. The number of carbonyl (C=O) groups excluding carboxylic acids is 1. The highest BCUT2D eigenvalue weighted by molar-refractivity contribution is 7.09. The first-order valence-electron chi connectivity index (χ1n) is 8.87. The highest BCUT2D eigenvalue weighted by atomic mass is 32.1. The van der Waals surface area contributed by atoms with Crippen LogP contribution >= 0.6 is 11.3 Å². The quantitative estimate of drug-likeness (QED) is 0.777. The molecule has 3 nitrogen and oxygen atoms in total. The smallest absolute Gasteiger partial charge is 0.246 e. The summed E-state index contributed by atoms with van der Waals surface area (Å²) in [6.45, 7) is 2.93. The Morgan fingerprint density at radius 3 is 2.43 bits per heavy atom. The minimum absolute atomic E-state index is 0.117. The first-order valence-corrected chi connectivity index (χ1v) is 9.75. The summed E-state index contributed by atoms with van der Waals surface area (Å²) in [5, 5.41) is 3.04. The van der Waals surface area contributed by atoms with Gasteiger partial charge in [0.05, 0.1) is 10.7 Å². The van der Waals surface area contributed by atoms with Crippen molar-refractivity contribution >= 4 is 23.3 Å². The first kappa shape index (κ1) is 15.4. The van der Waals surface area contributed by atoms with E-state index in [1.54, 1.807) is 17.4 Å². The van der Waals surface area contributed by atoms with Gasteiger partial charge in [-0.25, -0.2) is 4.98 Å². The Morgan fingerprint density at radius 1 is 1.30 bits per heavy atom. The van der Waals surface area contributed by atoms with Gasteiger partial charge >= 0.3 is 0 Å². The Morgan fingerprint density at radius 2 is 1.91 bits per heavy atom. The van der Waals surface area contributed by atoms with Crippen molar-refractivity contribution in [3.05, 3.63) is 22.2 Å². The normalized spacial score (nSPS) is 35.1. The number of carbonyl (C=O) groups is 1. The van der Waals surface area contributed by atoms with E-state index in [-0.39, 0.29) is 5.91 Å². The molecule has 4 aliphatic carbocycles. The molecule has 0 radical (unpaired) electrons. The summed E-state index contributed by atoms with van der Waals surface area (Å²) in [6.07, 6.45) is 12.0. The van der Waals surface area contributed by atoms with Gasteiger partial charge in [0.15, 0.2) is 0 Å². The SMILES string of the molecule is Cc1nc(C=CC(=O)N(C)CC23CC4CC(CC(C4)C2)C3)cs1. The molecule has 4 heteroatoms. The van der Waals surface area contributed by atoms with E-state index in [9.17, 15) is 4.79 Å². The molecule has 0 saturated heterocycles. The lowest BCUT2D eigenvalue weighted by Crippen LogP contribution is -2.51. The second-order valence-electron chi connectivity index (χ2n) is 8.24. The van der Waals surface area contributed by atoms with E-state index < -0.39 is 0 Å². The number of rotatable bonds is 4. The molecule has 0 spiro atoms. The molecule has 0 N–H and O–H groups in total. The molecule has 1 amide bonds. The van der Waals surface area contributed by atoms with Gasteiger partial charge in [-0.05, 0) is 74.7 Å². The van der Waals surface area contributed by atoms with Crippen LogP contribution in [0.4, 0.5) is 0 Å². The third kappa shape index (κ3) is 3.10. The van der Waals surface area contributed by atoms with Gasteiger partial charge in [0, 0.05) is 25.0 Å². The summed E-state index contributed by atoms with van der Waals surface area (Å²) in [5.41, 5.74) is 1.31. The average Bonchev–Trinajstić information content (AvgIpc) is 2.88. The van der Waals surface area contributed by atoms with E-state index in [0.29, 0.717) is 5.41 Å². The van der Waals surface area contributed by atoms with E-state index >= 15 is 0 Å². The van der Waals surface area contributed by atoms with Crippen molar-refractivity contribution in [3.8, 4) is 0 Å². The van der Waals surface area contributed by atoms with Gasteiger partial charge in [0.1, 0.15) is 0 Å². The Labute approximate surface area is 142 Å². The zero-order valence-electron chi connectivity index (χ0n) is 14.1. The topological polar surface area (TPSA) is 33.2 Å². The Balaban J connectivity index is 1.40. The molecule has 124 valence electrons. The van der Waals surface area contributed by atoms with Crippen LogP contribution in [0.3, 0.4) is 0 Å². The fourth-order valence-corrected chi connectivity index (χ4v) is 6.39. The predicted molar refractivity (Wildman–Crippen MR) is 94.1 cm³/mol. The fraction of sp³-hybridized carbons (Fsp3) is 0.684. The minimum Gasteiger partial charge on any atom is -0.342 e. The highest BCUT2D eigenvalue weighted by Crippen LogP contribution is 2.60. The van der Waals surface area contributed by atoms with Gasteiger partial charge in [0.2, 0.25) is 5.91 Å². The van der Waals surface area contributed by atoms with Crippen molar-refractivity contribution in [1.29, 1.82) is 0 Å². The fourth-order valence-electron chi connectivity index (χ4n) is 5.81. The van der Waals surface area contributed by atoms with Crippen molar-refractivity contribution in [2.45, 2.75) is 45.4 Å². The van der Waals surface area contributed by atoms with Gasteiger partial charge in [-0.3, -0.25) is 4.79 Å². The minimum atomic E-state index is 0.117. The molecular weight excluding hydrogens is 304 g/mol. The number of nitrogens with zero attached hydrogens (tertiary/aromatic N) is 2. The van der Waals surface area contributed by atoms with E-state index in [2.05, 4.69) is 4.98 Å². The number of amides is 1. The van der Waals surface area contributed by atoms with Crippen LogP contribution in [0.5, 0.6) is 0 Å². The number of aromatic nitrogens is 1. The maximum Gasteiger partial charge on any atom is 0.246 e. The van der Waals surface area contributed by atoms with E-state index in [1.165, 1.54) is 38.5 Å². The molecule has 0 atom stereocenters. The van der Waals surface area contributed by atoms with Crippen LogP contribution < -0.4 is 0 Å². The maximum atomic E-state index is 12.5. The molecule has 23 heavy (non-hydrogen) atoms. The van der Waals surface area contributed by atoms with Crippen LogP contribution in [0, 0.1) is 30.1 Å². The standard InChI is InChI=1S/C19H26N2OS/c1-13-20-17(11-23-13)3-4-18(22)21(2)12-19-8-14-5-15(9-19)7-16(6-14)10-19/h3-4,11,14-16H,5-10,12H2,1-2H3. The van der Waals surface area contributed by atoms with Crippen molar-refractivity contribution < 1.29 is 4.79 Å². The Kier molecular flexibility index (Phi) is 3.83. The molecule has 4 bridgehead atoms.